The average Bonchev–Trinajstić information content (AvgIpc) is 3.31. The van der Waals surface area contributed by atoms with Gasteiger partial charge in [0.2, 0.25) is 5.91 Å². The lowest BCUT2D eigenvalue weighted by Crippen LogP contribution is -2.44. The van der Waals surface area contributed by atoms with Gasteiger partial charge < -0.3 is 24.4 Å². The normalized spacial score (nSPS) is 28.0. The van der Waals surface area contributed by atoms with Gasteiger partial charge in [-0.2, -0.15) is 0 Å². The van der Waals surface area contributed by atoms with Crippen molar-refractivity contribution in [2.75, 3.05) is 37.7 Å². The van der Waals surface area contributed by atoms with Crippen LogP contribution in [-0.2, 0) is 27.4 Å². The Hall–Kier alpha value is -2.71. The zero-order valence-corrected chi connectivity index (χ0v) is 23.5. The zero-order chi connectivity index (χ0) is 27.1. The summed E-state index contributed by atoms with van der Waals surface area (Å²) in [7, 11) is 0. The Balaban J connectivity index is 1.41. The van der Waals surface area contributed by atoms with Crippen molar-refractivity contribution in [2.45, 2.75) is 90.4 Å². The largest absolute Gasteiger partial charge is 0.381 e. The van der Waals surface area contributed by atoms with Gasteiger partial charge >= 0.3 is 0 Å². The fraction of sp³-hybridized carbons (Fsp3) is 0.645. The first-order valence-corrected chi connectivity index (χ1v) is 15.0. The Bertz CT molecular complexity index is 1280. The second-order valence-corrected chi connectivity index (χ2v) is 12.1. The molecule has 3 aliphatic heterocycles. The maximum atomic E-state index is 14.0. The Morgan fingerprint density at radius 1 is 1.10 bits per heavy atom. The molecular formula is C31H42N4O4. The molecule has 8 heteroatoms. The standard InChI is InChI=1S/C31H42N4O4/c1-3-27(37)26-15-31-16-28(31)35(26)29(38)19-34-18-25(21(2)36)24-14-23(33-10-6-7-11-33)13-22(30(24)34)17-32-9-5-4-8-12-39-20-31/h13-14,18,26,28,32H,3-12,15-17,19-20H2,1-2H3/t26-,28+,31-/m0/s1. The molecule has 0 spiro atoms. The lowest BCUT2D eigenvalue weighted by Gasteiger charge is -2.27. The maximum absolute atomic E-state index is 14.0. The number of ether oxygens (including phenoxy) is 1. The van der Waals surface area contributed by atoms with E-state index in [1.165, 1.54) is 12.8 Å². The molecule has 1 amide bonds. The van der Waals surface area contributed by atoms with Gasteiger partial charge in [0.15, 0.2) is 11.6 Å². The first-order valence-electron chi connectivity index (χ1n) is 15.0. The molecule has 4 heterocycles. The van der Waals surface area contributed by atoms with Crippen LogP contribution in [0.4, 0.5) is 5.69 Å². The number of anilines is 1. The second kappa shape index (κ2) is 10.7. The number of piperidine rings is 1. The molecule has 2 saturated heterocycles. The van der Waals surface area contributed by atoms with Gasteiger partial charge in [-0.25, -0.2) is 0 Å². The summed E-state index contributed by atoms with van der Waals surface area (Å²) in [4.78, 5) is 44.1. The zero-order valence-electron chi connectivity index (χ0n) is 23.5. The summed E-state index contributed by atoms with van der Waals surface area (Å²) in [5.74, 6) is 0.0978. The molecule has 3 atom stereocenters. The average molecular weight is 535 g/mol. The minimum Gasteiger partial charge on any atom is -0.381 e. The van der Waals surface area contributed by atoms with Gasteiger partial charge in [-0.15, -0.1) is 0 Å². The molecule has 2 aromatic rings. The maximum Gasteiger partial charge on any atom is 0.243 e. The summed E-state index contributed by atoms with van der Waals surface area (Å²) >= 11 is 0. The predicted octanol–water partition coefficient (Wildman–Crippen LogP) is 4.07. The number of carbonyl (C=O) groups excluding carboxylic acids is 3. The van der Waals surface area contributed by atoms with Gasteiger partial charge in [0, 0.05) is 67.0 Å². The summed E-state index contributed by atoms with van der Waals surface area (Å²) in [6.07, 6.45) is 9.45. The van der Waals surface area contributed by atoms with E-state index in [1.807, 2.05) is 22.6 Å². The van der Waals surface area contributed by atoms with Crippen LogP contribution in [0.2, 0.25) is 0 Å². The van der Waals surface area contributed by atoms with Crippen LogP contribution in [0.3, 0.4) is 0 Å². The Morgan fingerprint density at radius 3 is 2.69 bits per heavy atom. The van der Waals surface area contributed by atoms with Crippen molar-refractivity contribution < 1.29 is 19.1 Å². The molecule has 210 valence electrons. The smallest absolute Gasteiger partial charge is 0.243 e. The number of amides is 1. The highest BCUT2D eigenvalue weighted by molar-refractivity contribution is 6.09. The van der Waals surface area contributed by atoms with Crippen LogP contribution in [0.5, 0.6) is 0 Å². The number of ketones is 2. The monoisotopic (exact) mass is 534 g/mol. The van der Waals surface area contributed by atoms with Gasteiger partial charge in [0.25, 0.3) is 0 Å². The SMILES string of the molecule is CCC(=O)[C@@H]1C[C@]23COCCCCCNCc4cc(N5CCCC5)cc5c(C(C)=O)cn(c45)CC(=O)N1[C@@H]2C3. The lowest BCUT2D eigenvalue weighted by atomic mass is 9.97. The number of nitrogens with one attached hydrogen (secondary N) is 1. The highest BCUT2D eigenvalue weighted by atomic mass is 16.5. The van der Waals surface area contributed by atoms with Crippen molar-refractivity contribution in [1.29, 1.82) is 0 Å². The molecule has 0 radical (unpaired) electrons. The van der Waals surface area contributed by atoms with Crippen molar-refractivity contribution in [3.63, 3.8) is 0 Å². The van der Waals surface area contributed by atoms with Crippen LogP contribution in [-0.4, -0.2) is 71.9 Å². The number of carbonyl (C=O) groups is 3. The summed E-state index contributed by atoms with van der Waals surface area (Å²) < 4.78 is 8.08. The van der Waals surface area contributed by atoms with Crippen molar-refractivity contribution in [3.05, 3.63) is 29.5 Å². The second-order valence-electron chi connectivity index (χ2n) is 12.1. The molecule has 2 bridgehead atoms. The summed E-state index contributed by atoms with van der Waals surface area (Å²) in [5.41, 5.74) is 3.80. The highest BCUT2D eigenvalue weighted by Crippen LogP contribution is 2.60. The quantitative estimate of drug-likeness (QED) is 0.596. The molecule has 1 saturated carbocycles. The molecule has 39 heavy (non-hydrogen) atoms. The van der Waals surface area contributed by atoms with E-state index in [4.69, 9.17) is 4.74 Å². The Kier molecular flexibility index (Phi) is 7.27. The van der Waals surface area contributed by atoms with E-state index < -0.39 is 0 Å². The van der Waals surface area contributed by atoms with Crippen LogP contribution in [0.1, 0.15) is 81.1 Å². The first-order chi connectivity index (χ1) is 18.9. The molecule has 8 nitrogen and oxygen atoms in total. The third-order valence-electron chi connectivity index (χ3n) is 9.47. The topological polar surface area (TPSA) is 83.9 Å². The molecular weight excluding hydrogens is 492 g/mol. The van der Waals surface area contributed by atoms with Crippen LogP contribution in [0.15, 0.2) is 18.3 Å². The van der Waals surface area contributed by atoms with Crippen LogP contribution in [0, 0.1) is 5.41 Å². The Labute approximate surface area is 231 Å². The number of hydrogen-bond acceptors (Lipinski definition) is 6. The molecule has 4 aliphatic rings. The van der Waals surface area contributed by atoms with Crippen molar-refractivity contribution >= 4 is 34.1 Å². The van der Waals surface area contributed by atoms with Crippen LogP contribution in [0.25, 0.3) is 10.9 Å². The summed E-state index contributed by atoms with van der Waals surface area (Å²) in [6, 6.07) is 4.09. The number of nitrogens with zero attached hydrogens (tertiary/aromatic N) is 3. The lowest BCUT2D eigenvalue weighted by molar-refractivity contribution is -0.139. The minimum absolute atomic E-state index is 0.00406. The number of Topliss-reactive ketones (excluding diaryl/α,β-unsaturated/α-hetero) is 2. The highest BCUT2D eigenvalue weighted by Gasteiger charge is 2.66. The van der Waals surface area contributed by atoms with Crippen molar-refractivity contribution in [3.8, 4) is 0 Å². The number of aromatic nitrogens is 1. The van der Waals surface area contributed by atoms with Crippen molar-refractivity contribution in [2.24, 2.45) is 5.41 Å². The molecule has 1 N–H and O–H groups in total. The van der Waals surface area contributed by atoms with Crippen LogP contribution >= 0.6 is 0 Å². The number of hydrogen-bond donors (Lipinski definition) is 1. The van der Waals surface area contributed by atoms with Crippen molar-refractivity contribution in [1.82, 2.24) is 14.8 Å². The molecule has 1 aromatic heterocycles. The van der Waals surface area contributed by atoms with Gasteiger partial charge in [0.1, 0.15) is 6.54 Å². The van der Waals surface area contributed by atoms with E-state index in [0.29, 0.717) is 31.6 Å². The number of rotatable bonds is 4. The van der Waals surface area contributed by atoms with E-state index in [2.05, 4.69) is 22.3 Å². The molecule has 0 unspecified atom stereocenters. The fourth-order valence-corrected chi connectivity index (χ4v) is 7.27. The van der Waals surface area contributed by atoms with Gasteiger partial charge in [-0.1, -0.05) is 6.92 Å². The molecule has 6 rings (SSSR count). The fourth-order valence-electron chi connectivity index (χ4n) is 7.27. The third-order valence-corrected chi connectivity index (χ3v) is 9.47. The Morgan fingerprint density at radius 2 is 1.92 bits per heavy atom. The van der Waals surface area contributed by atoms with E-state index in [-0.39, 0.29) is 41.5 Å². The van der Waals surface area contributed by atoms with E-state index in [0.717, 1.165) is 74.1 Å². The minimum atomic E-state index is -0.374. The van der Waals surface area contributed by atoms with Gasteiger partial charge in [0.05, 0.1) is 18.2 Å². The van der Waals surface area contributed by atoms with Gasteiger partial charge in [-0.05, 0) is 76.1 Å². The van der Waals surface area contributed by atoms with E-state index in [1.54, 1.807) is 6.92 Å². The summed E-state index contributed by atoms with van der Waals surface area (Å²) in [5, 5.41) is 4.54. The molecule has 1 aromatic carbocycles. The molecule has 3 fully saturated rings. The molecule has 1 aliphatic carbocycles. The van der Waals surface area contributed by atoms with E-state index >= 15 is 0 Å². The summed E-state index contributed by atoms with van der Waals surface area (Å²) in [6.45, 7) is 8.61. The predicted molar refractivity (Wildman–Crippen MR) is 151 cm³/mol. The third kappa shape index (κ3) is 4.91. The van der Waals surface area contributed by atoms with Gasteiger partial charge in [-0.3, -0.25) is 14.4 Å². The number of benzene rings is 1. The first kappa shape index (κ1) is 26.5. The van der Waals surface area contributed by atoms with E-state index in [9.17, 15) is 14.4 Å². The van der Waals surface area contributed by atoms with Crippen LogP contribution < -0.4 is 10.2 Å².